The molecular weight excluding hydrogens is 354 g/mol. The molecule has 10 heteroatoms. The molecule has 0 bridgehead atoms. The number of nitrogens with zero attached hydrogens (tertiary/aromatic N) is 5. The van der Waals surface area contributed by atoms with Crippen LogP contribution in [-0.2, 0) is 17.7 Å². The summed E-state index contributed by atoms with van der Waals surface area (Å²) in [6, 6.07) is 0. The van der Waals surface area contributed by atoms with Crippen LogP contribution in [0.1, 0.15) is 23.8 Å². The standard InChI is InChI=1S/C16H23N7O2S/c1-2-5-22-6-3-11-12(10-22)26-15-13(11)14(17-4-8-25-9-7-24)18-16-19-20-21-23(15)16/h24H,2-10H2,1H3,(H,17,18,19,21)/p+1. The Morgan fingerprint density at radius 2 is 2.31 bits per heavy atom. The third kappa shape index (κ3) is 3.25. The molecule has 3 aromatic heterocycles. The number of tetrazole rings is 1. The van der Waals surface area contributed by atoms with Gasteiger partial charge in [-0.1, -0.05) is 12.0 Å². The van der Waals surface area contributed by atoms with Gasteiger partial charge < -0.3 is 20.1 Å². The SMILES string of the molecule is CCC[NH+]1CCc2c(sc3c2c(NCCOCCO)nc2nnnn23)C1. The number of hydrogen-bond donors (Lipinski definition) is 3. The van der Waals surface area contributed by atoms with Gasteiger partial charge in [-0.05, 0) is 22.4 Å². The van der Waals surface area contributed by atoms with Crippen molar-refractivity contribution in [3.63, 3.8) is 0 Å². The molecule has 1 atom stereocenters. The second-order valence-electron chi connectivity index (χ2n) is 6.47. The average Bonchev–Trinajstić information content (AvgIpc) is 3.25. The van der Waals surface area contributed by atoms with Crippen molar-refractivity contribution in [1.82, 2.24) is 25.0 Å². The van der Waals surface area contributed by atoms with Gasteiger partial charge in [-0.3, -0.25) is 0 Å². The average molecular weight is 378 g/mol. The number of rotatable bonds is 8. The summed E-state index contributed by atoms with van der Waals surface area (Å²) >= 11 is 1.78. The highest BCUT2D eigenvalue weighted by molar-refractivity contribution is 7.19. The van der Waals surface area contributed by atoms with Gasteiger partial charge in [0.15, 0.2) is 0 Å². The predicted molar refractivity (Wildman–Crippen MR) is 98.8 cm³/mol. The summed E-state index contributed by atoms with van der Waals surface area (Å²) in [5, 5.41) is 25.3. The summed E-state index contributed by atoms with van der Waals surface area (Å²) in [5.41, 5.74) is 1.38. The van der Waals surface area contributed by atoms with Crippen molar-refractivity contribution in [3.05, 3.63) is 10.4 Å². The van der Waals surface area contributed by atoms with E-state index in [1.165, 1.54) is 23.4 Å². The van der Waals surface area contributed by atoms with Gasteiger partial charge in [-0.2, -0.15) is 9.50 Å². The molecule has 0 aliphatic carbocycles. The Kier molecular flexibility index (Phi) is 5.25. The van der Waals surface area contributed by atoms with Crippen LogP contribution in [0.25, 0.3) is 16.0 Å². The molecule has 3 N–H and O–H groups in total. The number of aliphatic hydroxyl groups excluding tert-OH is 1. The third-order valence-electron chi connectivity index (χ3n) is 4.68. The molecule has 4 rings (SSSR count). The second kappa shape index (κ2) is 7.78. The molecule has 3 aromatic rings. The van der Waals surface area contributed by atoms with E-state index < -0.39 is 0 Å². The normalized spacial score (nSPS) is 17.1. The van der Waals surface area contributed by atoms with E-state index in [1.54, 1.807) is 20.8 Å². The van der Waals surface area contributed by atoms with Gasteiger partial charge in [0.2, 0.25) is 0 Å². The number of anilines is 1. The lowest BCUT2D eigenvalue weighted by molar-refractivity contribution is -0.915. The van der Waals surface area contributed by atoms with Gasteiger partial charge in [-0.15, -0.1) is 11.3 Å². The first-order valence-corrected chi connectivity index (χ1v) is 9.91. The Bertz CT molecular complexity index is 894. The van der Waals surface area contributed by atoms with Crippen LogP contribution in [0.3, 0.4) is 0 Å². The van der Waals surface area contributed by atoms with Gasteiger partial charge >= 0.3 is 0 Å². The van der Waals surface area contributed by atoms with E-state index in [2.05, 4.69) is 32.7 Å². The van der Waals surface area contributed by atoms with E-state index in [1.807, 2.05) is 0 Å². The molecule has 1 aliphatic rings. The lowest BCUT2D eigenvalue weighted by Gasteiger charge is -2.23. The van der Waals surface area contributed by atoms with Gasteiger partial charge in [0.25, 0.3) is 5.78 Å². The van der Waals surface area contributed by atoms with E-state index in [4.69, 9.17) is 9.84 Å². The first-order valence-electron chi connectivity index (χ1n) is 9.10. The Balaban J connectivity index is 1.68. The first-order chi connectivity index (χ1) is 12.8. The molecule has 140 valence electrons. The summed E-state index contributed by atoms with van der Waals surface area (Å²) < 4.78 is 7.08. The summed E-state index contributed by atoms with van der Waals surface area (Å²) in [4.78, 5) is 8.74. The fourth-order valence-electron chi connectivity index (χ4n) is 3.56. The van der Waals surface area contributed by atoms with Crippen LogP contribution in [0.4, 0.5) is 5.82 Å². The van der Waals surface area contributed by atoms with Crippen molar-refractivity contribution in [2.24, 2.45) is 0 Å². The zero-order chi connectivity index (χ0) is 17.9. The van der Waals surface area contributed by atoms with Crippen LogP contribution in [0, 0.1) is 0 Å². The van der Waals surface area contributed by atoms with E-state index >= 15 is 0 Å². The summed E-state index contributed by atoms with van der Waals surface area (Å²) in [7, 11) is 0. The maximum atomic E-state index is 8.80. The number of ether oxygens (including phenoxy) is 1. The van der Waals surface area contributed by atoms with E-state index in [0.717, 1.165) is 35.5 Å². The fourth-order valence-corrected chi connectivity index (χ4v) is 4.92. The molecule has 9 nitrogen and oxygen atoms in total. The minimum atomic E-state index is 0.0362. The molecular formula is C16H24N7O2S+. The molecule has 0 amide bonds. The largest absolute Gasteiger partial charge is 0.394 e. The number of aliphatic hydroxyl groups is 1. The van der Waals surface area contributed by atoms with Crippen LogP contribution in [0.15, 0.2) is 0 Å². The molecule has 26 heavy (non-hydrogen) atoms. The van der Waals surface area contributed by atoms with Crippen LogP contribution in [0.2, 0.25) is 0 Å². The van der Waals surface area contributed by atoms with Crippen molar-refractivity contribution < 1.29 is 14.7 Å². The van der Waals surface area contributed by atoms with Crippen molar-refractivity contribution in [3.8, 4) is 0 Å². The molecule has 0 fully saturated rings. The summed E-state index contributed by atoms with van der Waals surface area (Å²) in [5.74, 6) is 1.33. The maximum absolute atomic E-state index is 8.80. The van der Waals surface area contributed by atoms with E-state index in [9.17, 15) is 0 Å². The second-order valence-corrected chi connectivity index (χ2v) is 7.56. The topological polar surface area (TPSA) is 102 Å². The van der Waals surface area contributed by atoms with E-state index in [-0.39, 0.29) is 6.61 Å². The Labute approximate surface area is 155 Å². The molecule has 0 radical (unpaired) electrons. The van der Waals surface area contributed by atoms with Crippen LogP contribution in [0.5, 0.6) is 0 Å². The molecule has 4 heterocycles. The molecule has 0 saturated carbocycles. The number of fused-ring (bicyclic) bond motifs is 5. The number of thiophene rings is 1. The maximum Gasteiger partial charge on any atom is 0.276 e. The zero-order valence-corrected chi connectivity index (χ0v) is 15.7. The van der Waals surface area contributed by atoms with Crippen molar-refractivity contribution >= 4 is 33.1 Å². The quantitative estimate of drug-likeness (QED) is 0.455. The van der Waals surface area contributed by atoms with Crippen LogP contribution < -0.4 is 10.2 Å². The summed E-state index contributed by atoms with van der Waals surface area (Å²) in [6.07, 6.45) is 2.25. The van der Waals surface area contributed by atoms with Crippen molar-refractivity contribution in [1.29, 1.82) is 0 Å². The monoisotopic (exact) mass is 378 g/mol. The van der Waals surface area contributed by atoms with Crippen molar-refractivity contribution in [2.45, 2.75) is 26.3 Å². The highest BCUT2D eigenvalue weighted by Gasteiger charge is 2.27. The highest BCUT2D eigenvalue weighted by Crippen LogP contribution is 2.36. The first kappa shape index (κ1) is 17.5. The van der Waals surface area contributed by atoms with Gasteiger partial charge in [0.05, 0.1) is 43.2 Å². The lowest BCUT2D eigenvalue weighted by atomic mass is 10.0. The van der Waals surface area contributed by atoms with Crippen molar-refractivity contribution in [2.75, 3.05) is 44.8 Å². The minimum absolute atomic E-state index is 0.0362. The van der Waals surface area contributed by atoms with Crippen LogP contribution >= 0.6 is 11.3 Å². The number of hydrogen-bond acceptors (Lipinski definition) is 8. The molecule has 0 spiro atoms. The van der Waals surface area contributed by atoms with Gasteiger partial charge in [0, 0.05) is 13.0 Å². The number of nitrogens with one attached hydrogen (secondary N) is 2. The number of aromatic nitrogens is 5. The van der Waals surface area contributed by atoms with Crippen LogP contribution in [-0.4, -0.2) is 69.6 Å². The Morgan fingerprint density at radius 1 is 1.38 bits per heavy atom. The number of quaternary nitrogens is 1. The lowest BCUT2D eigenvalue weighted by Crippen LogP contribution is -3.11. The Hall–Kier alpha value is -1.88. The highest BCUT2D eigenvalue weighted by atomic mass is 32.1. The van der Waals surface area contributed by atoms with E-state index in [0.29, 0.717) is 25.5 Å². The summed E-state index contributed by atoms with van der Waals surface area (Å²) in [6.45, 7) is 7.18. The smallest absolute Gasteiger partial charge is 0.276 e. The van der Waals surface area contributed by atoms with Gasteiger partial charge in [0.1, 0.15) is 17.2 Å². The Morgan fingerprint density at radius 3 is 3.15 bits per heavy atom. The fraction of sp³-hybridized carbons (Fsp3) is 0.625. The third-order valence-corrected chi connectivity index (χ3v) is 5.89. The molecule has 0 aromatic carbocycles. The van der Waals surface area contributed by atoms with Gasteiger partial charge in [-0.25, -0.2) is 0 Å². The minimum Gasteiger partial charge on any atom is -0.394 e. The molecule has 1 unspecified atom stereocenters. The predicted octanol–water partition coefficient (Wildman–Crippen LogP) is -0.494. The zero-order valence-electron chi connectivity index (χ0n) is 14.9. The molecule has 1 aliphatic heterocycles. The molecule has 0 saturated heterocycles.